The number of nitrogens with zero attached hydrogens (tertiary/aromatic N) is 2. The number of hydrogen-bond donors (Lipinski definition) is 1. The average molecular weight is 390 g/mol. The molecule has 1 saturated heterocycles. The van der Waals surface area contributed by atoms with E-state index in [2.05, 4.69) is 5.32 Å². The molecule has 1 aliphatic carbocycles. The first-order chi connectivity index (χ1) is 13.1. The summed E-state index contributed by atoms with van der Waals surface area (Å²) in [5.74, 6) is 1.58. The van der Waals surface area contributed by atoms with Gasteiger partial charge in [-0.3, -0.25) is 14.5 Å². The number of hydrogen-bond acceptors (Lipinski definition) is 4. The summed E-state index contributed by atoms with van der Waals surface area (Å²) in [6.07, 6.45) is 8.40. The monoisotopic (exact) mass is 389 g/mol. The second-order valence-electron chi connectivity index (χ2n) is 7.85. The molecule has 3 rings (SSSR count). The number of anilines is 1. The second-order valence-corrected chi connectivity index (χ2v) is 8.70. The number of piperidine rings is 1. The van der Waals surface area contributed by atoms with Crippen LogP contribution in [0.15, 0.2) is 29.2 Å². The lowest BCUT2D eigenvalue weighted by atomic mass is 9.75. The zero-order valence-electron chi connectivity index (χ0n) is 16.4. The van der Waals surface area contributed by atoms with Crippen LogP contribution in [-0.2, 0) is 9.59 Å². The van der Waals surface area contributed by atoms with Crippen molar-refractivity contribution in [3.63, 3.8) is 0 Å². The predicted molar refractivity (Wildman–Crippen MR) is 111 cm³/mol. The normalized spacial score (nSPS) is 22.4. The Kier molecular flexibility index (Phi) is 7.19. The molecule has 2 aliphatic rings. The van der Waals surface area contributed by atoms with E-state index in [0.29, 0.717) is 12.5 Å². The van der Waals surface area contributed by atoms with Crippen LogP contribution in [-0.4, -0.2) is 61.1 Å². The van der Waals surface area contributed by atoms with Crippen molar-refractivity contribution in [2.24, 2.45) is 11.8 Å². The van der Waals surface area contributed by atoms with Crippen molar-refractivity contribution in [3.8, 4) is 0 Å². The summed E-state index contributed by atoms with van der Waals surface area (Å²) in [5, 5.41) is 2.96. The first kappa shape index (κ1) is 20.2. The van der Waals surface area contributed by atoms with Crippen LogP contribution in [0.4, 0.5) is 5.69 Å². The van der Waals surface area contributed by atoms with E-state index >= 15 is 0 Å². The number of likely N-dealkylation sites (tertiary alicyclic amines) is 1. The smallest absolute Gasteiger partial charge is 0.238 e. The fraction of sp³-hybridized carbons (Fsp3) is 0.619. The maximum Gasteiger partial charge on any atom is 0.238 e. The summed E-state index contributed by atoms with van der Waals surface area (Å²) in [6, 6.07) is 7.77. The Morgan fingerprint density at radius 3 is 2.67 bits per heavy atom. The van der Waals surface area contributed by atoms with Crippen LogP contribution in [0.5, 0.6) is 0 Å². The van der Waals surface area contributed by atoms with Gasteiger partial charge in [-0.05, 0) is 50.1 Å². The van der Waals surface area contributed by atoms with Crippen molar-refractivity contribution in [1.82, 2.24) is 9.80 Å². The highest BCUT2D eigenvalue weighted by molar-refractivity contribution is 7.98. The van der Waals surface area contributed by atoms with E-state index in [1.54, 1.807) is 11.8 Å². The zero-order valence-corrected chi connectivity index (χ0v) is 17.3. The molecule has 0 aromatic heterocycles. The molecule has 2 amide bonds. The third kappa shape index (κ3) is 5.48. The number of carbonyl (C=O) groups excluding carboxylic acids is 2. The Morgan fingerprint density at radius 1 is 1.15 bits per heavy atom. The molecule has 2 atom stereocenters. The third-order valence-electron chi connectivity index (χ3n) is 5.84. The summed E-state index contributed by atoms with van der Waals surface area (Å²) in [7, 11) is 1.84. The van der Waals surface area contributed by atoms with E-state index in [9.17, 15) is 9.59 Å². The largest absolute Gasteiger partial charge is 0.341 e. The van der Waals surface area contributed by atoms with Gasteiger partial charge < -0.3 is 10.2 Å². The Hall–Kier alpha value is -1.53. The van der Waals surface area contributed by atoms with Crippen molar-refractivity contribution < 1.29 is 9.59 Å². The summed E-state index contributed by atoms with van der Waals surface area (Å²) in [5.41, 5.74) is 0.828. The number of para-hydroxylation sites is 1. The van der Waals surface area contributed by atoms with Gasteiger partial charge in [0.2, 0.25) is 11.8 Å². The fourth-order valence-corrected chi connectivity index (χ4v) is 4.95. The number of nitrogens with one attached hydrogen (secondary N) is 1. The molecule has 0 radical (unpaired) electrons. The average Bonchev–Trinajstić information content (AvgIpc) is 2.67. The van der Waals surface area contributed by atoms with Gasteiger partial charge in [0.05, 0.1) is 18.8 Å². The first-order valence-electron chi connectivity index (χ1n) is 9.96. The number of amides is 2. The molecule has 5 nitrogen and oxygen atoms in total. The van der Waals surface area contributed by atoms with Crippen LogP contribution in [0.25, 0.3) is 0 Å². The van der Waals surface area contributed by atoms with Crippen LogP contribution >= 0.6 is 11.8 Å². The zero-order chi connectivity index (χ0) is 19.2. The highest BCUT2D eigenvalue weighted by Gasteiger charge is 2.33. The van der Waals surface area contributed by atoms with Gasteiger partial charge in [0.25, 0.3) is 0 Å². The summed E-state index contributed by atoms with van der Waals surface area (Å²) >= 11 is 1.61. The predicted octanol–water partition coefficient (Wildman–Crippen LogP) is 3.32. The number of carbonyl (C=O) groups is 2. The van der Waals surface area contributed by atoms with Gasteiger partial charge in [0.15, 0.2) is 0 Å². The molecule has 1 aliphatic heterocycles. The van der Waals surface area contributed by atoms with Crippen molar-refractivity contribution in [2.75, 3.05) is 44.8 Å². The van der Waals surface area contributed by atoms with Gasteiger partial charge in [-0.25, -0.2) is 0 Å². The van der Waals surface area contributed by atoms with Crippen molar-refractivity contribution in [3.05, 3.63) is 24.3 Å². The van der Waals surface area contributed by atoms with E-state index in [0.717, 1.165) is 36.0 Å². The molecule has 0 unspecified atom stereocenters. The molecule has 1 aromatic rings. The molecular weight excluding hydrogens is 358 g/mol. The molecule has 148 valence electrons. The van der Waals surface area contributed by atoms with Crippen molar-refractivity contribution in [2.45, 2.75) is 37.0 Å². The third-order valence-corrected chi connectivity index (χ3v) is 6.64. The minimum Gasteiger partial charge on any atom is -0.341 e. The summed E-state index contributed by atoms with van der Waals surface area (Å²) in [4.78, 5) is 29.9. The Morgan fingerprint density at radius 2 is 1.89 bits per heavy atom. The van der Waals surface area contributed by atoms with Gasteiger partial charge >= 0.3 is 0 Å². The molecule has 1 aromatic carbocycles. The minimum atomic E-state index is -0.0854. The maximum absolute atomic E-state index is 12.7. The lowest BCUT2D eigenvalue weighted by Crippen LogP contribution is -2.48. The van der Waals surface area contributed by atoms with E-state index < -0.39 is 0 Å². The Balaban J connectivity index is 1.46. The minimum absolute atomic E-state index is 0.0854. The number of fused-ring (bicyclic) bond motifs is 1. The quantitative estimate of drug-likeness (QED) is 0.759. The second kappa shape index (κ2) is 9.60. The highest BCUT2D eigenvalue weighted by atomic mass is 32.2. The van der Waals surface area contributed by atoms with Gasteiger partial charge in [-0.1, -0.05) is 31.4 Å². The van der Waals surface area contributed by atoms with Gasteiger partial charge in [-0.2, -0.15) is 0 Å². The van der Waals surface area contributed by atoms with Crippen molar-refractivity contribution in [1.29, 1.82) is 0 Å². The van der Waals surface area contributed by atoms with Crippen LogP contribution in [0.3, 0.4) is 0 Å². The molecule has 1 saturated carbocycles. The molecule has 0 spiro atoms. The number of thioether (sulfide) groups is 1. The van der Waals surface area contributed by atoms with Crippen molar-refractivity contribution >= 4 is 29.3 Å². The van der Waals surface area contributed by atoms with E-state index in [1.807, 2.05) is 47.4 Å². The SMILES string of the molecule is CSc1ccccc1NC(=O)CN(C)CC(=O)N1CC[C@@H]2CCCC[C@@H]2C1. The van der Waals surface area contributed by atoms with E-state index in [4.69, 9.17) is 0 Å². The molecule has 1 N–H and O–H groups in total. The lowest BCUT2D eigenvalue weighted by molar-refractivity contribution is -0.135. The highest BCUT2D eigenvalue weighted by Crippen LogP contribution is 2.36. The van der Waals surface area contributed by atoms with E-state index in [-0.39, 0.29) is 18.4 Å². The summed E-state index contributed by atoms with van der Waals surface area (Å²) < 4.78 is 0. The Labute approximate surface area is 166 Å². The maximum atomic E-state index is 12.7. The van der Waals surface area contributed by atoms with Crippen LogP contribution in [0, 0.1) is 11.8 Å². The number of likely N-dealkylation sites (N-methyl/N-ethyl adjacent to an activating group) is 1. The standard InChI is InChI=1S/C21H31N3O2S/c1-23(14-20(25)22-18-9-5-6-10-19(18)27-2)15-21(26)24-12-11-16-7-3-4-8-17(16)13-24/h5-6,9-10,16-17H,3-4,7-8,11-15H2,1-2H3,(H,22,25)/t16-,17+/m0/s1. The van der Waals surface area contributed by atoms with Gasteiger partial charge in [-0.15, -0.1) is 11.8 Å². The molecule has 0 bridgehead atoms. The summed E-state index contributed by atoms with van der Waals surface area (Å²) in [6.45, 7) is 2.30. The molecule has 27 heavy (non-hydrogen) atoms. The molecule has 1 heterocycles. The van der Waals surface area contributed by atoms with Crippen LogP contribution in [0.2, 0.25) is 0 Å². The molecular formula is C21H31N3O2S. The lowest BCUT2D eigenvalue weighted by Gasteiger charge is -2.41. The van der Waals surface area contributed by atoms with E-state index in [1.165, 1.54) is 25.7 Å². The van der Waals surface area contributed by atoms with Gasteiger partial charge in [0.1, 0.15) is 0 Å². The number of benzene rings is 1. The first-order valence-corrected chi connectivity index (χ1v) is 11.2. The molecule has 6 heteroatoms. The molecule has 2 fully saturated rings. The fourth-order valence-electron chi connectivity index (χ4n) is 4.40. The number of rotatable bonds is 6. The topological polar surface area (TPSA) is 52.7 Å². The van der Waals surface area contributed by atoms with Crippen LogP contribution < -0.4 is 5.32 Å². The van der Waals surface area contributed by atoms with Gasteiger partial charge in [0, 0.05) is 18.0 Å². The Bertz CT molecular complexity index is 667. The van der Waals surface area contributed by atoms with Crippen LogP contribution in [0.1, 0.15) is 32.1 Å².